The fraction of sp³-hybridized carbons (Fsp3) is 0.413. The number of carbonyl (C=O) groups is 3. The standard InChI is InChI=1S/C46H51N9O5S/c1-26(2)41(46(59)55-17-7-9-37(55)44(57)48-27(3)29-11-13-30(14-12-29)42-28(4)47-25-61-42)39-22-40(52-60-39)53-18-15-31(16-19-53)45(58)54-23-33(24-54)35-20-32-21-36(50-51-43(32)49-35)34-8-5-6-10-38(34)56/h5-6,8,10-14,20-22,25-27,31,33,37,41,56H,7,9,15-19,23-24H2,1-4H3,(H,48,57)(H,49,51)/t27-,37-,41+/m0/s1. The Morgan fingerprint density at radius 1 is 0.951 bits per heavy atom. The molecule has 3 aliphatic heterocycles. The van der Waals surface area contributed by atoms with Gasteiger partial charge in [-0.25, -0.2) is 4.98 Å². The smallest absolute Gasteiger partial charge is 0.243 e. The SMILES string of the molecule is Cc1ncsc1-c1ccc([C@H](C)NC(=O)[C@@H]2CCCN2C(=O)[C@@H](c2cc(N3CCC(C(=O)N4CC(c5cc6cc(-c7ccccc7O)nnc6[nH]5)C4)CC3)no2)C(C)C)cc1. The van der Waals surface area contributed by atoms with Crippen molar-refractivity contribution in [1.29, 1.82) is 0 Å². The molecule has 0 aliphatic carbocycles. The number of benzene rings is 2. The molecule has 3 N–H and O–H groups in total. The van der Waals surface area contributed by atoms with Crippen LogP contribution >= 0.6 is 11.3 Å². The first-order valence-electron chi connectivity index (χ1n) is 21.3. The molecule has 3 aliphatic rings. The van der Waals surface area contributed by atoms with Gasteiger partial charge in [0.15, 0.2) is 17.2 Å². The molecule has 9 rings (SSSR count). The molecular formula is C46H51N9O5S. The number of para-hydroxylation sites is 1. The predicted octanol–water partition coefficient (Wildman–Crippen LogP) is 7.20. The van der Waals surface area contributed by atoms with Crippen LogP contribution in [0.4, 0.5) is 5.82 Å². The average molecular weight is 842 g/mol. The Labute approximate surface area is 358 Å². The highest BCUT2D eigenvalue weighted by atomic mass is 32.1. The number of fused-ring (bicyclic) bond motifs is 1. The summed E-state index contributed by atoms with van der Waals surface area (Å²) in [6.07, 6.45) is 2.75. The van der Waals surface area contributed by atoms with Crippen molar-refractivity contribution in [3.05, 3.63) is 95.0 Å². The van der Waals surface area contributed by atoms with Gasteiger partial charge in [-0.15, -0.1) is 21.5 Å². The number of phenols is 1. The molecule has 61 heavy (non-hydrogen) atoms. The summed E-state index contributed by atoms with van der Waals surface area (Å²) >= 11 is 1.61. The van der Waals surface area contributed by atoms with E-state index < -0.39 is 12.0 Å². The molecule has 14 nitrogen and oxygen atoms in total. The lowest BCUT2D eigenvalue weighted by Crippen LogP contribution is -2.52. The largest absolute Gasteiger partial charge is 0.507 e. The van der Waals surface area contributed by atoms with Gasteiger partial charge >= 0.3 is 0 Å². The molecule has 4 aromatic heterocycles. The number of piperidine rings is 1. The second kappa shape index (κ2) is 16.8. The molecule has 6 aromatic rings. The number of likely N-dealkylation sites (tertiary alicyclic amines) is 2. The van der Waals surface area contributed by atoms with E-state index in [1.807, 2.05) is 74.5 Å². The van der Waals surface area contributed by atoms with E-state index in [9.17, 15) is 19.5 Å². The molecule has 7 heterocycles. The number of carbonyl (C=O) groups excluding carboxylic acids is 3. The molecular weight excluding hydrogens is 791 g/mol. The zero-order chi connectivity index (χ0) is 42.4. The van der Waals surface area contributed by atoms with E-state index in [4.69, 9.17) is 4.52 Å². The molecule has 3 saturated heterocycles. The second-order valence-electron chi connectivity index (χ2n) is 17.1. The van der Waals surface area contributed by atoms with Crippen molar-refractivity contribution in [3.8, 4) is 27.4 Å². The summed E-state index contributed by atoms with van der Waals surface area (Å²) in [4.78, 5) is 56.2. The monoisotopic (exact) mass is 841 g/mol. The van der Waals surface area contributed by atoms with Gasteiger partial charge in [-0.2, -0.15) is 0 Å². The first-order valence-corrected chi connectivity index (χ1v) is 22.2. The van der Waals surface area contributed by atoms with Crippen LogP contribution in [0.15, 0.2) is 76.8 Å². The van der Waals surface area contributed by atoms with E-state index >= 15 is 0 Å². The average Bonchev–Trinajstić information content (AvgIpc) is 4.08. The van der Waals surface area contributed by atoms with Gasteiger partial charge in [-0.3, -0.25) is 14.4 Å². The Morgan fingerprint density at radius 2 is 1.72 bits per heavy atom. The minimum Gasteiger partial charge on any atom is -0.507 e. The minimum absolute atomic E-state index is 0.0726. The molecule has 0 unspecified atom stereocenters. The van der Waals surface area contributed by atoms with Crippen molar-refractivity contribution in [3.63, 3.8) is 0 Å². The van der Waals surface area contributed by atoms with Crippen LogP contribution < -0.4 is 10.2 Å². The molecule has 0 radical (unpaired) electrons. The molecule has 2 aromatic carbocycles. The van der Waals surface area contributed by atoms with Crippen molar-refractivity contribution >= 4 is 45.9 Å². The number of nitrogens with zero attached hydrogens (tertiary/aromatic N) is 7. The van der Waals surface area contributed by atoms with Gasteiger partial charge in [0.2, 0.25) is 17.7 Å². The Bertz CT molecular complexity index is 2550. The van der Waals surface area contributed by atoms with Gasteiger partial charge in [-0.05, 0) is 80.8 Å². The summed E-state index contributed by atoms with van der Waals surface area (Å²) in [5, 5.41) is 27.4. The number of aryl methyl sites for hydroxylation is 1. The highest BCUT2D eigenvalue weighted by molar-refractivity contribution is 7.13. The summed E-state index contributed by atoms with van der Waals surface area (Å²) in [7, 11) is 0. The molecule has 0 bridgehead atoms. The third-order valence-electron chi connectivity index (χ3n) is 12.7. The van der Waals surface area contributed by atoms with E-state index in [-0.39, 0.29) is 47.3 Å². The van der Waals surface area contributed by atoms with Gasteiger partial charge in [0.05, 0.1) is 27.8 Å². The molecule has 3 amide bonds. The lowest BCUT2D eigenvalue weighted by atomic mass is 9.90. The summed E-state index contributed by atoms with van der Waals surface area (Å²) in [5.41, 5.74) is 7.88. The maximum atomic E-state index is 14.3. The number of anilines is 1. The van der Waals surface area contributed by atoms with Crippen LogP contribution in [0.3, 0.4) is 0 Å². The first kappa shape index (κ1) is 40.3. The van der Waals surface area contributed by atoms with Crippen molar-refractivity contribution in [2.45, 2.75) is 77.3 Å². The summed E-state index contributed by atoms with van der Waals surface area (Å²) < 4.78 is 5.89. The Morgan fingerprint density at radius 3 is 2.44 bits per heavy atom. The first-order chi connectivity index (χ1) is 29.5. The molecule has 15 heteroatoms. The number of aromatic amines is 1. The van der Waals surface area contributed by atoms with Crippen LogP contribution in [0.1, 0.15) is 87.0 Å². The highest BCUT2D eigenvalue weighted by Crippen LogP contribution is 2.36. The Balaban J connectivity index is 0.775. The van der Waals surface area contributed by atoms with Gasteiger partial charge in [-0.1, -0.05) is 55.4 Å². The van der Waals surface area contributed by atoms with Gasteiger partial charge < -0.3 is 34.6 Å². The quantitative estimate of drug-likeness (QED) is 0.121. The number of H-pyrrole nitrogens is 1. The number of hydrogen-bond acceptors (Lipinski definition) is 11. The van der Waals surface area contributed by atoms with Gasteiger partial charge in [0, 0.05) is 67.3 Å². The lowest BCUT2D eigenvalue weighted by molar-refractivity contribution is -0.141. The number of hydrogen-bond donors (Lipinski definition) is 3. The number of aromatic nitrogens is 5. The van der Waals surface area contributed by atoms with Crippen LogP contribution in [0.2, 0.25) is 0 Å². The molecule has 3 fully saturated rings. The van der Waals surface area contributed by atoms with Crippen LogP contribution in [0.5, 0.6) is 5.75 Å². The van der Waals surface area contributed by atoms with E-state index in [0.717, 1.165) is 39.2 Å². The Hall–Kier alpha value is -6.09. The van der Waals surface area contributed by atoms with E-state index in [1.165, 1.54) is 0 Å². The number of aromatic hydroxyl groups is 1. The number of thiazole rings is 1. The minimum atomic E-state index is -0.586. The fourth-order valence-corrected chi connectivity index (χ4v) is 9.96. The third-order valence-corrected chi connectivity index (χ3v) is 13.7. The number of nitrogens with one attached hydrogen (secondary N) is 2. The van der Waals surface area contributed by atoms with Crippen molar-refractivity contribution in [2.75, 3.05) is 37.6 Å². The van der Waals surface area contributed by atoms with Crippen molar-refractivity contribution < 1.29 is 24.0 Å². The van der Waals surface area contributed by atoms with Crippen molar-refractivity contribution in [1.82, 2.24) is 40.4 Å². The normalized spacial score (nSPS) is 18.4. The zero-order valence-corrected chi connectivity index (χ0v) is 35.7. The van der Waals surface area contributed by atoms with Gasteiger partial charge in [0.1, 0.15) is 17.7 Å². The van der Waals surface area contributed by atoms with Gasteiger partial charge in [0.25, 0.3) is 0 Å². The van der Waals surface area contributed by atoms with Crippen LogP contribution in [0, 0.1) is 18.8 Å². The summed E-state index contributed by atoms with van der Waals surface area (Å²) in [6.45, 7) is 11.1. The lowest BCUT2D eigenvalue weighted by Gasteiger charge is -2.42. The maximum Gasteiger partial charge on any atom is 0.243 e. The number of phenolic OH excluding ortho intramolecular Hbond substituents is 1. The summed E-state index contributed by atoms with van der Waals surface area (Å²) in [5.74, 6) is 0.665. The predicted molar refractivity (Wildman–Crippen MR) is 233 cm³/mol. The topological polar surface area (TPSA) is 174 Å². The number of amides is 3. The highest BCUT2D eigenvalue weighted by Gasteiger charge is 2.41. The maximum absolute atomic E-state index is 14.3. The molecule has 0 spiro atoms. The number of rotatable bonds is 11. The third kappa shape index (κ3) is 7.98. The van der Waals surface area contributed by atoms with Crippen LogP contribution in [0.25, 0.3) is 32.7 Å². The second-order valence-corrected chi connectivity index (χ2v) is 17.9. The van der Waals surface area contributed by atoms with E-state index in [0.29, 0.717) is 80.5 Å². The van der Waals surface area contributed by atoms with E-state index in [1.54, 1.807) is 28.4 Å². The van der Waals surface area contributed by atoms with Crippen LogP contribution in [-0.2, 0) is 14.4 Å². The van der Waals surface area contributed by atoms with E-state index in [2.05, 4.69) is 53.7 Å². The zero-order valence-electron chi connectivity index (χ0n) is 34.9. The Kier molecular flexibility index (Phi) is 11.1. The summed E-state index contributed by atoms with van der Waals surface area (Å²) in [6, 6.07) is 20.3. The fourth-order valence-electron chi connectivity index (χ4n) is 9.15. The van der Waals surface area contributed by atoms with Crippen LogP contribution in [-0.4, -0.2) is 96.7 Å². The molecule has 316 valence electrons. The molecule has 0 saturated carbocycles. The van der Waals surface area contributed by atoms with Crippen molar-refractivity contribution in [2.24, 2.45) is 11.8 Å². The molecule has 3 atom stereocenters.